The van der Waals surface area contributed by atoms with Crippen LogP contribution in [0.25, 0.3) is 11.5 Å². The molecule has 32 heavy (non-hydrogen) atoms. The minimum atomic E-state index is -0.288. The third kappa shape index (κ3) is 4.69. The second-order valence-electron chi connectivity index (χ2n) is 7.15. The Hall–Kier alpha value is -4.34. The number of amides is 1. The van der Waals surface area contributed by atoms with Gasteiger partial charge in [0.25, 0.3) is 5.91 Å². The molecule has 0 radical (unpaired) electrons. The first kappa shape index (κ1) is 20.9. The topological polar surface area (TPSA) is 120 Å². The normalized spacial score (nSPS) is 10.8. The third-order valence-electron chi connectivity index (χ3n) is 4.56. The van der Waals surface area contributed by atoms with Crippen LogP contribution in [0.1, 0.15) is 30.2 Å². The van der Waals surface area contributed by atoms with Crippen LogP contribution in [0.5, 0.6) is 6.01 Å². The molecule has 162 valence electrons. The van der Waals surface area contributed by atoms with Crippen LogP contribution in [0.4, 0.5) is 17.3 Å². The van der Waals surface area contributed by atoms with Gasteiger partial charge in [0.05, 0.1) is 7.11 Å². The lowest BCUT2D eigenvalue weighted by molar-refractivity contribution is 0.102. The molecule has 0 aliphatic carbocycles. The molecule has 0 saturated heterocycles. The van der Waals surface area contributed by atoms with Crippen molar-refractivity contribution in [3.05, 3.63) is 66.6 Å². The van der Waals surface area contributed by atoms with Crippen molar-refractivity contribution >= 4 is 23.2 Å². The van der Waals surface area contributed by atoms with Crippen molar-refractivity contribution in [2.24, 2.45) is 0 Å². The molecule has 0 aliphatic heterocycles. The highest BCUT2D eigenvalue weighted by atomic mass is 16.5. The van der Waals surface area contributed by atoms with Crippen molar-refractivity contribution in [3.8, 4) is 17.5 Å². The number of ether oxygens (including phenoxy) is 1. The van der Waals surface area contributed by atoms with Gasteiger partial charge in [0.1, 0.15) is 23.7 Å². The molecule has 0 bridgehead atoms. The SMILES string of the molecule is COc1nccc(Nc2cccc(C(=O)Nc3cccc(-c4nncn4C(C)C)n3)c2)n1. The van der Waals surface area contributed by atoms with Crippen LogP contribution in [0, 0.1) is 0 Å². The quantitative estimate of drug-likeness (QED) is 0.455. The van der Waals surface area contributed by atoms with E-state index in [0.717, 1.165) is 0 Å². The molecular weight excluding hydrogens is 408 g/mol. The van der Waals surface area contributed by atoms with Crippen molar-refractivity contribution in [1.82, 2.24) is 29.7 Å². The predicted molar refractivity (Wildman–Crippen MR) is 120 cm³/mol. The summed E-state index contributed by atoms with van der Waals surface area (Å²) >= 11 is 0. The number of carbonyl (C=O) groups is 1. The maximum absolute atomic E-state index is 12.8. The van der Waals surface area contributed by atoms with E-state index in [-0.39, 0.29) is 18.0 Å². The van der Waals surface area contributed by atoms with E-state index in [9.17, 15) is 4.79 Å². The number of hydrogen-bond donors (Lipinski definition) is 2. The largest absolute Gasteiger partial charge is 0.467 e. The average molecular weight is 430 g/mol. The van der Waals surface area contributed by atoms with Crippen molar-refractivity contribution in [1.29, 1.82) is 0 Å². The van der Waals surface area contributed by atoms with Gasteiger partial charge < -0.3 is 19.9 Å². The van der Waals surface area contributed by atoms with Gasteiger partial charge in [-0.2, -0.15) is 4.98 Å². The number of anilines is 3. The van der Waals surface area contributed by atoms with Gasteiger partial charge in [-0.05, 0) is 50.2 Å². The van der Waals surface area contributed by atoms with Crippen LogP contribution in [0.15, 0.2) is 61.1 Å². The van der Waals surface area contributed by atoms with Crippen molar-refractivity contribution in [2.75, 3.05) is 17.7 Å². The van der Waals surface area contributed by atoms with Crippen molar-refractivity contribution in [2.45, 2.75) is 19.9 Å². The van der Waals surface area contributed by atoms with Crippen LogP contribution >= 0.6 is 0 Å². The zero-order valence-electron chi connectivity index (χ0n) is 17.9. The number of benzene rings is 1. The van der Waals surface area contributed by atoms with E-state index in [2.05, 4.69) is 35.8 Å². The summed E-state index contributed by atoms with van der Waals surface area (Å²) < 4.78 is 6.96. The summed E-state index contributed by atoms with van der Waals surface area (Å²) in [5.74, 6) is 1.33. The van der Waals surface area contributed by atoms with Crippen molar-refractivity contribution < 1.29 is 9.53 Å². The van der Waals surface area contributed by atoms with Gasteiger partial charge in [-0.25, -0.2) is 9.97 Å². The van der Waals surface area contributed by atoms with E-state index < -0.39 is 0 Å². The maximum atomic E-state index is 12.8. The van der Waals surface area contributed by atoms with E-state index in [1.165, 1.54) is 7.11 Å². The van der Waals surface area contributed by atoms with Crippen LogP contribution in [-0.2, 0) is 0 Å². The van der Waals surface area contributed by atoms with E-state index >= 15 is 0 Å². The molecule has 0 spiro atoms. The van der Waals surface area contributed by atoms with Crippen LogP contribution < -0.4 is 15.4 Å². The smallest absolute Gasteiger partial charge is 0.318 e. The third-order valence-corrected chi connectivity index (χ3v) is 4.56. The van der Waals surface area contributed by atoms with E-state index in [0.29, 0.717) is 34.4 Å². The van der Waals surface area contributed by atoms with Gasteiger partial charge in [0.2, 0.25) is 0 Å². The molecule has 0 fully saturated rings. The monoisotopic (exact) mass is 430 g/mol. The minimum absolute atomic E-state index is 0.185. The Labute approximate surface area is 184 Å². The first-order valence-corrected chi connectivity index (χ1v) is 9.96. The Morgan fingerprint density at radius 2 is 1.91 bits per heavy atom. The number of nitrogens with one attached hydrogen (secondary N) is 2. The first-order chi connectivity index (χ1) is 15.5. The maximum Gasteiger partial charge on any atom is 0.318 e. The highest BCUT2D eigenvalue weighted by molar-refractivity contribution is 6.04. The Morgan fingerprint density at radius 3 is 2.72 bits per heavy atom. The van der Waals surface area contributed by atoms with E-state index in [1.807, 2.05) is 36.6 Å². The molecule has 3 aromatic heterocycles. The van der Waals surface area contributed by atoms with Gasteiger partial charge in [-0.3, -0.25) is 4.79 Å². The lowest BCUT2D eigenvalue weighted by Gasteiger charge is -2.11. The number of nitrogens with zero attached hydrogens (tertiary/aromatic N) is 6. The lowest BCUT2D eigenvalue weighted by Crippen LogP contribution is -2.13. The van der Waals surface area contributed by atoms with Gasteiger partial charge in [0, 0.05) is 23.5 Å². The number of methoxy groups -OCH3 is 1. The first-order valence-electron chi connectivity index (χ1n) is 9.96. The Balaban J connectivity index is 1.51. The van der Waals surface area contributed by atoms with Gasteiger partial charge >= 0.3 is 6.01 Å². The molecule has 2 N–H and O–H groups in total. The molecule has 0 aliphatic rings. The summed E-state index contributed by atoms with van der Waals surface area (Å²) in [6.07, 6.45) is 3.25. The summed E-state index contributed by atoms with van der Waals surface area (Å²) in [5, 5.41) is 14.1. The Bertz CT molecular complexity index is 1240. The molecule has 1 aromatic carbocycles. The summed E-state index contributed by atoms with van der Waals surface area (Å²) in [5.41, 5.74) is 1.79. The predicted octanol–water partition coefficient (Wildman–Crippen LogP) is 3.72. The minimum Gasteiger partial charge on any atom is -0.467 e. The molecule has 0 unspecified atom stereocenters. The highest BCUT2D eigenvalue weighted by Crippen LogP contribution is 2.21. The molecule has 10 nitrogen and oxygen atoms in total. The van der Waals surface area contributed by atoms with Gasteiger partial charge in [-0.15, -0.1) is 10.2 Å². The molecule has 10 heteroatoms. The summed E-state index contributed by atoms with van der Waals surface area (Å²) in [6, 6.07) is 14.6. The Morgan fingerprint density at radius 1 is 1.06 bits per heavy atom. The second kappa shape index (κ2) is 9.21. The number of aromatic nitrogens is 6. The zero-order valence-corrected chi connectivity index (χ0v) is 17.9. The van der Waals surface area contributed by atoms with E-state index in [4.69, 9.17) is 4.74 Å². The molecule has 3 heterocycles. The highest BCUT2D eigenvalue weighted by Gasteiger charge is 2.13. The van der Waals surface area contributed by atoms with Crippen LogP contribution in [-0.4, -0.2) is 42.7 Å². The average Bonchev–Trinajstić information content (AvgIpc) is 3.30. The molecule has 0 saturated carbocycles. The summed E-state index contributed by atoms with van der Waals surface area (Å²) in [6.45, 7) is 4.08. The molecule has 0 atom stereocenters. The number of carbonyl (C=O) groups excluding carboxylic acids is 1. The number of rotatable bonds is 7. The fraction of sp³-hybridized carbons (Fsp3) is 0.182. The molecule has 1 amide bonds. The van der Waals surface area contributed by atoms with Gasteiger partial charge in [0.15, 0.2) is 5.82 Å². The van der Waals surface area contributed by atoms with Crippen molar-refractivity contribution in [3.63, 3.8) is 0 Å². The standard InChI is InChI=1S/C22H22N8O2/c1-14(2)30-13-24-29-20(30)17-8-5-9-18(26-17)27-21(31)15-6-4-7-16(12-15)25-19-10-11-23-22(28-19)32-3/h4-14H,1-3H3,(H,23,25,28)(H,26,27,31). The molecule has 4 rings (SSSR count). The van der Waals surface area contributed by atoms with Crippen LogP contribution in [0.2, 0.25) is 0 Å². The fourth-order valence-corrected chi connectivity index (χ4v) is 3.02. The zero-order chi connectivity index (χ0) is 22.5. The van der Waals surface area contributed by atoms with Crippen LogP contribution in [0.3, 0.4) is 0 Å². The molecular formula is C22H22N8O2. The summed E-state index contributed by atoms with van der Waals surface area (Å²) in [7, 11) is 1.50. The lowest BCUT2D eigenvalue weighted by atomic mass is 10.2. The van der Waals surface area contributed by atoms with E-state index in [1.54, 1.807) is 42.9 Å². The molecule has 4 aromatic rings. The fourth-order valence-electron chi connectivity index (χ4n) is 3.02. The van der Waals surface area contributed by atoms with Gasteiger partial charge in [-0.1, -0.05) is 12.1 Å². The number of pyridine rings is 1. The summed E-state index contributed by atoms with van der Waals surface area (Å²) in [4.78, 5) is 25.6. The Kier molecular flexibility index (Phi) is 6.02. The second-order valence-corrected chi connectivity index (χ2v) is 7.15. The number of hydrogen-bond acceptors (Lipinski definition) is 8.